The van der Waals surface area contributed by atoms with Gasteiger partial charge in [-0.15, -0.1) is 0 Å². The Kier molecular flexibility index (Phi) is 5.94. The van der Waals surface area contributed by atoms with E-state index in [-0.39, 0.29) is 16.1 Å². The minimum atomic E-state index is -3.62. The third kappa shape index (κ3) is 4.60. The van der Waals surface area contributed by atoms with E-state index in [9.17, 15) is 27.7 Å². The molecule has 29 heavy (non-hydrogen) atoms. The van der Waals surface area contributed by atoms with E-state index < -0.39 is 32.4 Å². The summed E-state index contributed by atoms with van der Waals surface area (Å²) in [4.78, 5) is 22.4. The van der Waals surface area contributed by atoms with Crippen molar-refractivity contribution in [1.82, 2.24) is 4.31 Å². The van der Waals surface area contributed by atoms with Crippen molar-refractivity contribution in [3.05, 3.63) is 64.0 Å². The van der Waals surface area contributed by atoms with Crippen molar-refractivity contribution in [2.24, 2.45) is 5.92 Å². The van der Waals surface area contributed by atoms with E-state index in [0.29, 0.717) is 19.0 Å². The highest BCUT2D eigenvalue weighted by Crippen LogP contribution is 2.25. The number of sulfonamides is 1. The molecule has 0 bridgehead atoms. The highest BCUT2D eigenvalue weighted by atomic mass is 32.2. The molecule has 0 unspecified atom stereocenters. The normalized spacial score (nSPS) is 15.8. The van der Waals surface area contributed by atoms with Crippen LogP contribution in [0, 0.1) is 21.8 Å². The summed E-state index contributed by atoms with van der Waals surface area (Å²) in [6, 6.07) is 8.47. The fourth-order valence-corrected chi connectivity index (χ4v) is 4.56. The largest absolute Gasteiger partial charge is 0.322 e. The molecule has 0 aromatic heterocycles. The van der Waals surface area contributed by atoms with Gasteiger partial charge in [-0.3, -0.25) is 14.9 Å². The van der Waals surface area contributed by atoms with Crippen LogP contribution >= 0.6 is 0 Å². The van der Waals surface area contributed by atoms with E-state index in [2.05, 4.69) is 12.2 Å². The number of anilines is 1. The number of hydrogen-bond donors (Lipinski definition) is 1. The van der Waals surface area contributed by atoms with E-state index in [1.54, 1.807) is 0 Å². The Hall–Kier alpha value is -2.85. The Morgan fingerprint density at radius 1 is 1.17 bits per heavy atom. The van der Waals surface area contributed by atoms with Crippen LogP contribution in [0.2, 0.25) is 0 Å². The molecule has 154 valence electrons. The molecule has 10 heteroatoms. The maximum absolute atomic E-state index is 13.4. The number of carbonyl (C=O) groups is 1. The molecule has 1 saturated heterocycles. The van der Waals surface area contributed by atoms with Crippen LogP contribution in [0.5, 0.6) is 0 Å². The number of hydrogen-bond acceptors (Lipinski definition) is 5. The first-order chi connectivity index (χ1) is 13.7. The number of nitro groups is 1. The van der Waals surface area contributed by atoms with Gasteiger partial charge >= 0.3 is 5.69 Å². The number of halogens is 1. The van der Waals surface area contributed by atoms with Crippen LogP contribution < -0.4 is 5.32 Å². The minimum absolute atomic E-state index is 0.0576. The lowest BCUT2D eigenvalue weighted by atomic mass is 10.0. The van der Waals surface area contributed by atoms with Crippen molar-refractivity contribution in [3.8, 4) is 0 Å². The molecule has 1 amide bonds. The van der Waals surface area contributed by atoms with Gasteiger partial charge in [0, 0.05) is 30.4 Å². The van der Waals surface area contributed by atoms with Crippen molar-refractivity contribution < 1.29 is 22.5 Å². The summed E-state index contributed by atoms with van der Waals surface area (Å²) < 4.78 is 40.3. The van der Waals surface area contributed by atoms with Gasteiger partial charge in [0.05, 0.1) is 9.82 Å². The molecule has 0 atom stereocenters. The Balaban J connectivity index is 1.74. The molecule has 0 saturated carbocycles. The monoisotopic (exact) mass is 421 g/mol. The first-order valence-corrected chi connectivity index (χ1v) is 10.5. The van der Waals surface area contributed by atoms with E-state index in [0.717, 1.165) is 25.0 Å². The second kappa shape index (κ2) is 8.26. The Morgan fingerprint density at radius 2 is 1.79 bits per heavy atom. The third-order valence-electron chi connectivity index (χ3n) is 4.90. The first kappa shape index (κ1) is 20.9. The molecule has 0 spiro atoms. The molecule has 1 aliphatic rings. The fourth-order valence-electron chi connectivity index (χ4n) is 3.09. The maximum atomic E-state index is 13.4. The summed E-state index contributed by atoms with van der Waals surface area (Å²) in [5.74, 6) is -1.11. The maximum Gasteiger partial charge on any atom is 0.306 e. The second-order valence-electron chi connectivity index (χ2n) is 6.99. The van der Waals surface area contributed by atoms with Crippen LogP contribution in [0.3, 0.4) is 0 Å². The molecule has 1 aliphatic heterocycles. The van der Waals surface area contributed by atoms with E-state index >= 15 is 0 Å². The van der Waals surface area contributed by atoms with Crippen LogP contribution in [-0.2, 0) is 10.0 Å². The van der Waals surface area contributed by atoms with Gasteiger partial charge in [-0.1, -0.05) is 6.92 Å². The predicted molar refractivity (Wildman–Crippen MR) is 105 cm³/mol. The average molecular weight is 421 g/mol. The van der Waals surface area contributed by atoms with Crippen LogP contribution in [0.25, 0.3) is 0 Å². The zero-order chi connectivity index (χ0) is 21.2. The van der Waals surface area contributed by atoms with Crippen molar-refractivity contribution in [2.75, 3.05) is 18.4 Å². The van der Waals surface area contributed by atoms with Crippen LogP contribution in [-0.4, -0.2) is 36.6 Å². The lowest BCUT2D eigenvalue weighted by molar-refractivity contribution is -0.387. The van der Waals surface area contributed by atoms with Crippen LogP contribution in [0.4, 0.5) is 15.8 Å². The third-order valence-corrected chi connectivity index (χ3v) is 6.81. The number of rotatable bonds is 5. The smallest absolute Gasteiger partial charge is 0.306 e. The molecule has 1 fully saturated rings. The van der Waals surface area contributed by atoms with Crippen molar-refractivity contribution in [2.45, 2.75) is 24.7 Å². The van der Waals surface area contributed by atoms with Crippen molar-refractivity contribution >= 4 is 27.3 Å². The summed E-state index contributed by atoms with van der Waals surface area (Å²) >= 11 is 0. The van der Waals surface area contributed by atoms with Gasteiger partial charge in [0.1, 0.15) is 0 Å². The fraction of sp³-hybridized carbons (Fsp3) is 0.316. The molecule has 3 rings (SSSR count). The molecule has 0 aliphatic carbocycles. The van der Waals surface area contributed by atoms with Crippen LogP contribution in [0.1, 0.15) is 30.1 Å². The van der Waals surface area contributed by atoms with Gasteiger partial charge < -0.3 is 5.32 Å². The second-order valence-corrected chi connectivity index (χ2v) is 8.93. The molecule has 2 aromatic rings. The Bertz CT molecular complexity index is 1030. The molecule has 0 radical (unpaired) electrons. The van der Waals surface area contributed by atoms with Gasteiger partial charge in [-0.05, 0) is 55.2 Å². The molecular weight excluding hydrogens is 401 g/mol. The van der Waals surface area contributed by atoms with E-state index in [4.69, 9.17) is 0 Å². The Morgan fingerprint density at radius 3 is 2.38 bits per heavy atom. The first-order valence-electron chi connectivity index (χ1n) is 9.04. The topological polar surface area (TPSA) is 110 Å². The lowest BCUT2D eigenvalue weighted by Crippen LogP contribution is -2.37. The molecule has 1 N–H and O–H groups in total. The molecule has 2 aromatic carbocycles. The Labute approximate surface area is 167 Å². The van der Waals surface area contributed by atoms with E-state index in [1.807, 2.05) is 0 Å². The quantitative estimate of drug-likeness (QED) is 0.588. The lowest BCUT2D eigenvalue weighted by Gasteiger charge is -2.29. The number of nitrogens with zero attached hydrogens (tertiary/aromatic N) is 2. The van der Waals surface area contributed by atoms with E-state index in [1.165, 1.54) is 34.6 Å². The summed E-state index contributed by atoms with van der Waals surface area (Å²) in [6.07, 6.45) is 1.62. The van der Waals surface area contributed by atoms with Gasteiger partial charge in [-0.2, -0.15) is 8.70 Å². The summed E-state index contributed by atoms with van der Waals surface area (Å²) in [5.41, 5.74) is -0.523. The molecule has 8 nitrogen and oxygen atoms in total. The number of piperidine rings is 1. The van der Waals surface area contributed by atoms with Crippen LogP contribution in [0.15, 0.2) is 47.4 Å². The summed E-state index contributed by atoms with van der Waals surface area (Å²) in [6.45, 7) is 3.03. The van der Waals surface area contributed by atoms with Gasteiger partial charge in [-0.25, -0.2) is 8.42 Å². The predicted octanol–water partition coefficient (Wildman–Crippen LogP) is 3.41. The minimum Gasteiger partial charge on any atom is -0.322 e. The SMILES string of the molecule is CC1CCN(S(=O)(=O)c2ccc(C(=O)Nc3ccc(F)c([N+](=O)[O-])c3)cc2)CC1. The van der Waals surface area contributed by atoms with Gasteiger partial charge in [0.15, 0.2) is 0 Å². The summed E-state index contributed by atoms with van der Waals surface area (Å²) in [5, 5.41) is 13.2. The zero-order valence-electron chi connectivity index (χ0n) is 15.7. The standard InChI is InChI=1S/C19H20FN3O5S/c1-13-8-10-22(11-9-13)29(27,28)16-5-2-14(3-6-16)19(24)21-15-4-7-17(20)18(12-15)23(25)26/h2-7,12-13H,8-11H2,1H3,(H,21,24). The highest BCUT2D eigenvalue weighted by Gasteiger charge is 2.28. The zero-order valence-corrected chi connectivity index (χ0v) is 16.5. The molecular formula is C19H20FN3O5S. The number of amides is 1. The molecule has 1 heterocycles. The summed E-state index contributed by atoms with van der Waals surface area (Å²) in [7, 11) is -3.62. The van der Waals surface area contributed by atoms with Gasteiger partial charge in [0.2, 0.25) is 15.8 Å². The number of nitrogens with one attached hydrogen (secondary N) is 1. The highest BCUT2D eigenvalue weighted by molar-refractivity contribution is 7.89. The van der Waals surface area contributed by atoms with Gasteiger partial charge in [0.25, 0.3) is 5.91 Å². The van der Waals surface area contributed by atoms with Crippen molar-refractivity contribution in [3.63, 3.8) is 0 Å². The average Bonchev–Trinajstić information content (AvgIpc) is 2.69. The number of nitro benzene ring substituents is 1. The van der Waals surface area contributed by atoms with Crippen molar-refractivity contribution in [1.29, 1.82) is 0 Å². The number of carbonyl (C=O) groups excluding carboxylic acids is 1. The number of benzene rings is 2.